The van der Waals surface area contributed by atoms with Crippen molar-refractivity contribution in [2.24, 2.45) is 5.92 Å². The standard InChI is InChI=1S/C16H24N2/c1-11(2)13-7-9-18-15-6-5-8-17-10-14(12(3)4)16(13)15/h7,9-12,17H,5-6,8H2,1-4H3/b14-10-. The molecule has 0 aromatic carbocycles. The second kappa shape index (κ2) is 5.55. The Hall–Kier alpha value is -1.31. The highest BCUT2D eigenvalue weighted by Gasteiger charge is 2.19. The van der Waals surface area contributed by atoms with Gasteiger partial charge in [-0.1, -0.05) is 27.7 Å². The van der Waals surface area contributed by atoms with Crippen LogP contribution in [0.1, 0.15) is 56.9 Å². The first-order valence-electron chi connectivity index (χ1n) is 7.03. The van der Waals surface area contributed by atoms with Crippen molar-refractivity contribution < 1.29 is 0 Å². The summed E-state index contributed by atoms with van der Waals surface area (Å²) in [6.07, 6.45) is 6.41. The van der Waals surface area contributed by atoms with Crippen LogP contribution in [0.5, 0.6) is 0 Å². The average Bonchev–Trinajstić information content (AvgIpc) is 2.28. The second-order valence-corrected chi connectivity index (χ2v) is 5.69. The van der Waals surface area contributed by atoms with Gasteiger partial charge in [0.1, 0.15) is 0 Å². The molecule has 0 saturated heterocycles. The van der Waals surface area contributed by atoms with Gasteiger partial charge in [0, 0.05) is 30.2 Å². The minimum Gasteiger partial charge on any atom is -0.391 e. The van der Waals surface area contributed by atoms with Crippen molar-refractivity contribution in [3.8, 4) is 0 Å². The van der Waals surface area contributed by atoms with E-state index in [0.29, 0.717) is 11.8 Å². The second-order valence-electron chi connectivity index (χ2n) is 5.69. The van der Waals surface area contributed by atoms with E-state index in [4.69, 9.17) is 0 Å². The highest BCUT2D eigenvalue weighted by atomic mass is 14.8. The minimum absolute atomic E-state index is 0.524. The molecule has 1 aromatic heterocycles. The van der Waals surface area contributed by atoms with Gasteiger partial charge in [-0.05, 0) is 41.9 Å². The van der Waals surface area contributed by atoms with Crippen LogP contribution in [-0.2, 0) is 6.42 Å². The first-order valence-corrected chi connectivity index (χ1v) is 7.03. The van der Waals surface area contributed by atoms with Crippen molar-refractivity contribution in [2.45, 2.75) is 46.5 Å². The van der Waals surface area contributed by atoms with Gasteiger partial charge in [0.2, 0.25) is 0 Å². The van der Waals surface area contributed by atoms with Crippen molar-refractivity contribution in [2.75, 3.05) is 6.54 Å². The zero-order valence-electron chi connectivity index (χ0n) is 12.0. The number of nitrogens with one attached hydrogen (secondary N) is 1. The van der Waals surface area contributed by atoms with Crippen molar-refractivity contribution >= 4 is 5.57 Å². The van der Waals surface area contributed by atoms with Gasteiger partial charge in [-0.25, -0.2) is 0 Å². The van der Waals surface area contributed by atoms with Crippen LogP contribution in [0.3, 0.4) is 0 Å². The predicted molar refractivity (Wildman–Crippen MR) is 77.5 cm³/mol. The van der Waals surface area contributed by atoms with Gasteiger partial charge in [0.25, 0.3) is 0 Å². The number of hydrogen-bond acceptors (Lipinski definition) is 2. The van der Waals surface area contributed by atoms with E-state index >= 15 is 0 Å². The Labute approximate surface area is 111 Å². The monoisotopic (exact) mass is 244 g/mol. The highest BCUT2D eigenvalue weighted by Crippen LogP contribution is 2.33. The number of aryl methyl sites for hydroxylation is 1. The average molecular weight is 244 g/mol. The van der Waals surface area contributed by atoms with Crippen LogP contribution in [0.25, 0.3) is 5.57 Å². The SMILES string of the molecule is CC(C)/C1=C/NCCCc2nccc(C(C)C)c21. The quantitative estimate of drug-likeness (QED) is 0.857. The molecular weight excluding hydrogens is 220 g/mol. The molecule has 2 heterocycles. The molecule has 1 aliphatic rings. The maximum Gasteiger partial charge on any atom is 0.0482 e. The summed E-state index contributed by atoms with van der Waals surface area (Å²) in [5.74, 6) is 1.07. The Morgan fingerprint density at radius 1 is 1.17 bits per heavy atom. The number of hydrogen-bond donors (Lipinski definition) is 1. The van der Waals surface area contributed by atoms with E-state index in [1.54, 1.807) is 0 Å². The lowest BCUT2D eigenvalue weighted by molar-refractivity contribution is 0.712. The smallest absolute Gasteiger partial charge is 0.0482 e. The van der Waals surface area contributed by atoms with Gasteiger partial charge in [-0.15, -0.1) is 0 Å². The summed E-state index contributed by atoms with van der Waals surface area (Å²) >= 11 is 0. The lowest BCUT2D eigenvalue weighted by Crippen LogP contribution is -2.17. The molecule has 0 saturated carbocycles. The molecular formula is C16H24N2. The highest BCUT2D eigenvalue weighted by molar-refractivity contribution is 5.71. The fourth-order valence-corrected chi connectivity index (χ4v) is 2.59. The van der Waals surface area contributed by atoms with E-state index in [1.807, 2.05) is 6.20 Å². The number of aromatic nitrogens is 1. The van der Waals surface area contributed by atoms with E-state index in [1.165, 1.54) is 22.4 Å². The normalized spacial score (nSPS) is 18.7. The summed E-state index contributed by atoms with van der Waals surface area (Å²) in [4.78, 5) is 4.63. The van der Waals surface area contributed by atoms with Crippen molar-refractivity contribution in [3.05, 3.63) is 35.3 Å². The topological polar surface area (TPSA) is 24.9 Å². The third kappa shape index (κ3) is 2.58. The van der Waals surface area contributed by atoms with Crippen LogP contribution in [0, 0.1) is 5.92 Å². The molecule has 0 fully saturated rings. The molecule has 0 radical (unpaired) electrons. The summed E-state index contributed by atoms with van der Waals surface area (Å²) < 4.78 is 0. The summed E-state index contributed by atoms with van der Waals surface area (Å²) in [7, 11) is 0. The third-order valence-electron chi connectivity index (χ3n) is 3.59. The number of pyridine rings is 1. The number of nitrogens with zero attached hydrogens (tertiary/aromatic N) is 1. The Morgan fingerprint density at radius 3 is 2.61 bits per heavy atom. The third-order valence-corrected chi connectivity index (χ3v) is 3.59. The van der Waals surface area contributed by atoms with Crippen LogP contribution in [-0.4, -0.2) is 11.5 Å². The number of allylic oxidation sites excluding steroid dienone is 1. The summed E-state index contributed by atoms with van der Waals surface area (Å²) in [6, 6.07) is 2.18. The van der Waals surface area contributed by atoms with Crippen molar-refractivity contribution in [3.63, 3.8) is 0 Å². The Bertz CT molecular complexity index is 444. The fraction of sp³-hybridized carbons (Fsp3) is 0.562. The summed E-state index contributed by atoms with van der Waals surface area (Å²) in [5, 5.41) is 3.44. The van der Waals surface area contributed by atoms with E-state index in [-0.39, 0.29) is 0 Å². The molecule has 0 atom stereocenters. The molecule has 1 aliphatic heterocycles. The van der Waals surface area contributed by atoms with Crippen LogP contribution < -0.4 is 5.32 Å². The maximum atomic E-state index is 4.63. The molecule has 0 unspecified atom stereocenters. The molecule has 2 rings (SSSR count). The fourth-order valence-electron chi connectivity index (χ4n) is 2.59. The van der Waals surface area contributed by atoms with E-state index in [2.05, 4.69) is 50.3 Å². The van der Waals surface area contributed by atoms with Crippen LogP contribution in [0.15, 0.2) is 18.5 Å². The largest absolute Gasteiger partial charge is 0.391 e. The first-order chi connectivity index (χ1) is 8.61. The van der Waals surface area contributed by atoms with Gasteiger partial charge in [0.05, 0.1) is 0 Å². The summed E-state index contributed by atoms with van der Waals surface area (Å²) in [6.45, 7) is 10.1. The number of rotatable bonds is 2. The molecule has 1 N–H and O–H groups in total. The Morgan fingerprint density at radius 2 is 1.94 bits per heavy atom. The zero-order chi connectivity index (χ0) is 13.1. The van der Waals surface area contributed by atoms with Crippen LogP contribution in [0.4, 0.5) is 0 Å². The van der Waals surface area contributed by atoms with E-state index < -0.39 is 0 Å². The van der Waals surface area contributed by atoms with Crippen molar-refractivity contribution in [1.82, 2.24) is 10.3 Å². The van der Waals surface area contributed by atoms with Gasteiger partial charge in [-0.3, -0.25) is 4.98 Å². The molecule has 18 heavy (non-hydrogen) atoms. The molecule has 0 amide bonds. The Balaban J connectivity index is 2.60. The first kappa shape index (κ1) is 13.1. The van der Waals surface area contributed by atoms with E-state index in [9.17, 15) is 0 Å². The molecule has 0 bridgehead atoms. The lowest BCUT2D eigenvalue weighted by Gasteiger charge is -2.23. The lowest BCUT2D eigenvalue weighted by atomic mass is 9.85. The molecule has 0 spiro atoms. The molecule has 1 aromatic rings. The predicted octanol–water partition coefficient (Wildman–Crippen LogP) is 3.74. The van der Waals surface area contributed by atoms with Crippen LogP contribution in [0.2, 0.25) is 0 Å². The van der Waals surface area contributed by atoms with Gasteiger partial charge in [-0.2, -0.15) is 0 Å². The van der Waals surface area contributed by atoms with Crippen molar-refractivity contribution in [1.29, 1.82) is 0 Å². The van der Waals surface area contributed by atoms with Gasteiger partial charge in [0.15, 0.2) is 0 Å². The molecule has 2 heteroatoms. The minimum atomic E-state index is 0.524. The zero-order valence-corrected chi connectivity index (χ0v) is 12.0. The van der Waals surface area contributed by atoms with Gasteiger partial charge >= 0.3 is 0 Å². The molecule has 0 aliphatic carbocycles. The molecule has 98 valence electrons. The van der Waals surface area contributed by atoms with E-state index in [0.717, 1.165) is 19.4 Å². The Kier molecular flexibility index (Phi) is 4.05. The van der Waals surface area contributed by atoms with Crippen LogP contribution >= 0.6 is 0 Å². The van der Waals surface area contributed by atoms with Gasteiger partial charge < -0.3 is 5.32 Å². The summed E-state index contributed by atoms with van der Waals surface area (Å²) in [5.41, 5.74) is 5.52. The maximum absolute atomic E-state index is 4.63. The molecule has 2 nitrogen and oxygen atoms in total. The number of fused-ring (bicyclic) bond motifs is 1.